The van der Waals surface area contributed by atoms with Crippen LogP contribution in [0, 0.1) is 13.8 Å². The third-order valence-electron chi connectivity index (χ3n) is 4.36. The van der Waals surface area contributed by atoms with Crippen molar-refractivity contribution in [1.82, 2.24) is 5.32 Å². The molecular weight excluding hydrogens is 386 g/mol. The number of esters is 1. The van der Waals surface area contributed by atoms with E-state index in [-0.39, 0.29) is 23.5 Å². The number of ketones is 1. The van der Waals surface area contributed by atoms with Crippen molar-refractivity contribution in [3.05, 3.63) is 64.7 Å². The Morgan fingerprint density at radius 2 is 1.69 bits per heavy atom. The van der Waals surface area contributed by atoms with Gasteiger partial charge in [0.15, 0.2) is 6.10 Å². The smallest absolute Gasteiger partial charge is 0.339 e. The van der Waals surface area contributed by atoms with Crippen molar-refractivity contribution < 1.29 is 19.1 Å². The van der Waals surface area contributed by atoms with Gasteiger partial charge in [-0.25, -0.2) is 4.79 Å². The number of thioether (sulfide) groups is 1. The minimum atomic E-state index is -0.910. The van der Waals surface area contributed by atoms with E-state index in [0.717, 1.165) is 11.1 Å². The summed E-state index contributed by atoms with van der Waals surface area (Å²) in [6.07, 6.45) is -0.910. The van der Waals surface area contributed by atoms with E-state index in [1.54, 1.807) is 43.3 Å². The van der Waals surface area contributed by atoms with Crippen molar-refractivity contribution in [3.63, 3.8) is 0 Å². The number of amides is 1. The summed E-state index contributed by atoms with van der Waals surface area (Å²) in [6.45, 7) is 9.26. The number of hydrogen-bond donors (Lipinski definition) is 1. The minimum absolute atomic E-state index is 0.0561. The van der Waals surface area contributed by atoms with Crippen molar-refractivity contribution >= 4 is 29.4 Å². The van der Waals surface area contributed by atoms with E-state index in [1.807, 2.05) is 33.8 Å². The summed E-state index contributed by atoms with van der Waals surface area (Å²) in [5.74, 6) is -0.740. The Morgan fingerprint density at radius 1 is 1.00 bits per heavy atom. The second-order valence-electron chi connectivity index (χ2n) is 7.22. The number of ether oxygens (including phenoxy) is 1. The molecule has 0 spiro atoms. The van der Waals surface area contributed by atoms with Gasteiger partial charge in [0.05, 0.1) is 11.3 Å². The molecule has 2 aromatic carbocycles. The summed E-state index contributed by atoms with van der Waals surface area (Å²) in [6, 6.07) is 12.4. The predicted molar refractivity (Wildman–Crippen MR) is 116 cm³/mol. The largest absolute Gasteiger partial charge is 0.451 e. The molecule has 0 fully saturated rings. The van der Waals surface area contributed by atoms with E-state index in [1.165, 1.54) is 11.8 Å². The summed E-state index contributed by atoms with van der Waals surface area (Å²) in [5.41, 5.74) is 2.96. The molecule has 0 aromatic heterocycles. The van der Waals surface area contributed by atoms with Crippen molar-refractivity contribution in [2.75, 3.05) is 5.75 Å². The van der Waals surface area contributed by atoms with Crippen LogP contribution in [0.1, 0.15) is 52.6 Å². The maximum atomic E-state index is 12.7. The summed E-state index contributed by atoms with van der Waals surface area (Å²) in [7, 11) is 0. The second kappa shape index (κ2) is 10.3. The molecule has 2 aromatic rings. The highest BCUT2D eigenvalue weighted by atomic mass is 32.2. The highest BCUT2D eigenvalue weighted by Gasteiger charge is 2.22. The molecule has 0 aliphatic carbocycles. The average Bonchev–Trinajstić information content (AvgIpc) is 2.67. The number of nitrogens with one attached hydrogen (secondary N) is 1. The summed E-state index contributed by atoms with van der Waals surface area (Å²) < 4.78 is 5.43. The lowest BCUT2D eigenvalue weighted by atomic mass is 10.0. The fourth-order valence-electron chi connectivity index (χ4n) is 2.68. The van der Waals surface area contributed by atoms with Crippen molar-refractivity contribution in [3.8, 4) is 0 Å². The number of carbonyl (C=O) groups excluding carboxylic acids is 3. The number of Topliss-reactive ketones (excluding diaryl/α,β-unsaturated/α-hetero) is 1. The van der Waals surface area contributed by atoms with Gasteiger partial charge in [-0.3, -0.25) is 9.59 Å². The van der Waals surface area contributed by atoms with Gasteiger partial charge in [-0.05, 0) is 63.9 Å². The zero-order chi connectivity index (χ0) is 21.6. The molecule has 29 heavy (non-hydrogen) atoms. The third kappa shape index (κ3) is 6.46. The maximum absolute atomic E-state index is 12.7. The molecule has 0 bridgehead atoms. The van der Waals surface area contributed by atoms with Crippen LogP contribution in [0.15, 0.2) is 47.4 Å². The van der Waals surface area contributed by atoms with Gasteiger partial charge >= 0.3 is 5.97 Å². The highest BCUT2D eigenvalue weighted by Crippen LogP contribution is 2.24. The topological polar surface area (TPSA) is 72.5 Å². The Kier molecular flexibility index (Phi) is 8.02. The van der Waals surface area contributed by atoms with Gasteiger partial charge in [0, 0.05) is 16.5 Å². The molecule has 6 heteroatoms. The molecule has 154 valence electrons. The van der Waals surface area contributed by atoms with Crippen molar-refractivity contribution in [1.29, 1.82) is 0 Å². The fourth-order valence-corrected chi connectivity index (χ4v) is 3.53. The molecule has 0 aliphatic rings. The van der Waals surface area contributed by atoms with Gasteiger partial charge < -0.3 is 10.1 Å². The monoisotopic (exact) mass is 413 g/mol. The first-order valence-corrected chi connectivity index (χ1v) is 10.5. The van der Waals surface area contributed by atoms with Gasteiger partial charge in [0.25, 0.3) is 0 Å². The molecule has 0 aliphatic heterocycles. The molecular formula is C23H27NO4S. The lowest BCUT2D eigenvalue weighted by Crippen LogP contribution is -2.31. The molecule has 0 radical (unpaired) electrons. The lowest BCUT2D eigenvalue weighted by Gasteiger charge is -2.15. The normalized spacial score (nSPS) is 11.8. The summed E-state index contributed by atoms with van der Waals surface area (Å²) in [5, 5.41) is 2.81. The van der Waals surface area contributed by atoms with Crippen LogP contribution in [0.5, 0.6) is 0 Å². The SMILES string of the molecule is Cc1ccc(C(=O)[C@H](C)OC(=O)c2ccccc2SCC(=O)NC(C)C)cc1C. The lowest BCUT2D eigenvalue weighted by molar-refractivity contribution is -0.119. The van der Waals surface area contributed by atoms with E-state index in [0.29, 0.717) is 16.0 Å². The number of carbonyl (C=O) groups is 3. The van der Waals surface area contributed by atoms with E-state index >= 15 is 0 Å². The predicted octanol–water partition coefficient (Wildman–Crippen LogP) is 4.35. The molecule has 0 saturated carbocycles. The Bertz CT molecular complexity index is 908. The van der Waals surface area contributed by atoms with Crippen molar-refractivity contribution in [2.24, 2.45) is 0 Å². The Hall–Kier alpha value is -2.60. The molecule has 1 N–H and O–H groups in total. The van der Waals surface area contributed by atoms with Gasteiger partial charge in [0.2, 0.25) is 11.7 Å². The van der Waals surface area contributed by atoms with Gasteiger partial charge in [-0.1, -0.05) is 24.3 Å². The van der Waals surface area contributed by atoms with Crippen LogP contribution >= 0.6 is 11.8 Å². The average molecular weight is 414 g/mol. The summed E-state index contributed by atoms with van der Waals surface area (Å²) >= 11 is 1.26. The van der Waals surface area contributed by atoms with E-state index < -0.39 is 12.1 Å². The standard InChI is InChI=1S/C23H27NO4S/c1-14(2)24-21(25)13-29-20-9-7-6-8-19(20)23(27)28-17(5)22(26)18-11-10-15(3)16(4)12-18/h6-12,14,17H,13H2,1-5H3,(H,24,25)/t17-/m0/s1. The first kappa shape index (κ1) is 22.7. The van der Waals surface area contributed by atoms with Crippen LogP contribution in [0.25, 0.3) is 0 Å². The maximum Gasteiger partial charge on any atom is 0.339 e. The zero-order valence-electron chi connectivity index (χ0n) is 17.4. The second-order valence-corrected chi connectivity index (χ2v) is 8.24. The quantitative estimate of drug-likeness (QED) is 0.396. The number of benzene rings is 2. The van der Waals surface area contributed by atoms with Gasteiger partial charge in [0.1, 0.15) is 0 Å². The third-order valence-corrected chi connectivity index (χ3v) is 5.43. The molecule has 0 unspecified atom stereocenters. The van der Waals surface area contributed by atoms with E-state index in [2.05, 4.69) is 5.32 Å². The highest BCUT2D eigenvalue weighted by molar-refractivity contribution is 8.00. The van der Waals surface area contributed by atoms with Gasteiger partial charge in [-0.15, -0.1) is 11.8 Å². The van der Waals surface area contributed by atoms with Crippen LogP contribution in [0.3, 0.4) is 0 Å². The fraction of sp³-hybridized carbons (Fsp3) is 0.348. The van der Waals surface area contributed by atoms with Gasteiger partial charge in [-0.2, -0.15) is 0 Å². The Balaban J connectivity index is 2.07. The van der Waals surface area contributed by atoms with Crippen LogP contribution in [0.2, 0.25) is 0 Å². The van der Waals surface area contributed by atoms with Crippen LogP contribution < -0.4 is 5.32 Å². The Labute approximate surface area is 176 Å². The number of rotatable bonds is 8. The number of aryl methyl sites for hydroxylation is 2. The number of hydrogen-bond acceptors (Lipinski definition) is 5. The molecule has 2 rings (SSSR count). The zero-order valence-corrected chi connectivity index (χ0v) is 18.3. The van der Waals surface area contributed by atoms with E-state index in [4.69, 9.17) is 4.74 Å². The molecule has 0 heterocycles. The summed E-state index contributed by atoms with van der Waals surface area (Å²) in [4.78, 5) is 37.8. The van der Waals surface area contributed by atoms with Crippen molar-refractivity contribution in [2.45, 2.75) is 51.7 Å². The molecule has 5 nitrogen and oxygen atoms in total. The van der Waals surface area contributed by atoms with Crippen LogP contribution in [-0.4, -0.2) is 35.6 Å². The van der Waals surface area contributed by atoms with E-state index in [9.17, 15) is 14.4 Å². The first-order chi connectivity index (χ1) is 13.7. The van der Waals surface area contributed by atoms with Crippen LogP contribution in [-0.2, 0) is 9.53 Å². The molecule has 0 saturated heterocycles. The minimum Gasteiger partial charge on any atom is -0.451 e. The Morgan fingerprint density at radius 3 is 2.34 bits per heavy atom. The molecule has 1 amide bonds. The first-order valence-electron chi connectivity index (χ1n) is 9.52. The van der Waals surface area contributed by atoms with Crippen LogP contribution in [0.4, 0.5) is 0 Å². The molecule has 1 atom stereocenters.